The van der Waals surface area contributed by atoms with Gasteiger partial charge in [-0.15, -0.1) is 13.2 Å². The van der Waals surface area contributed by atoms with E-state index in [0.717, 1.165) is 0 Å². The lowest BCUT2D eigenvalue weighted by atomic mass is 9.62. The van der Waals surface area contributed by atoms with Gasteiger partial charge in [-0.25, -0.2) is 0 Å². The molecule has 0 aliphatic carbocycles. The van der Waals surface area contributed by atoms with E-state index in [1.54, 1.807) is 36.4 Å². The van der Waals surface area contributed by atoms with Crippen molar-refractivity contribution in [3.8, 4) is 0 Å². The van der Waals surface area contributed by atoms with Gasteiger partial charge in [-0.3, -0.25) is 14.4 Å². The van der Waals surface area contributed by atoms with Crippen molar-refractivity contribution in [3.05, 3.63) is 54.6 Å². The molecule has 0 saturated carbocycles. The van der Waals surface area contributed by atoms with Crippen molar-refractivity contribution in [1.29, 1.82) is 0 Å². The maximum Gasteiger partial charge on any atom is 0.312 e. The largest absolute Gasteiger partial charge is 0.465 e. The molecule has 40 heavy (non-hydrogen) atoms. The summed E-state index contributed by atoms with van der Waals surface area (Å²) in [5, 5.41) is 10.9. The standard InChI is InChI=1S/C31H41ClN2O6/c1-7-9-15-39-29(38)25-24-27(36)34(21(18-35)16-19(3)4)26(31(24)17-20(5)30(25,6)40-31)28(37)33(14-8-2)23-13-11-10-12-22(23)32/h7-8,10-13,19-21,24-26,35H,1-2,9,14-18H2,3-6H3/t20?,21-,24+,25+,26?,30-,31?/m1/s1. The Kier molecular flexibility index (Phi) is 8.83. The lowest BCUT2D eigenvalue weighted by Gasteiger charge is -2.40. The van der Waals surface area contributed by atoms with Crippen molar-refractivity contribution in [1.82, 2.24) is 4.90 Å². The highest BCUT2D eigenvalue weighted by molar-refractivity contribution is 6.34. The average molecular weight is 573 g/mol. The summed E-state index contributed by atoms with van der Waals surface area (Å²) in [6.07, 6.45) is 4.63. The van der Waals surface area contributed by atoms with Gasteiger partial charge in [-0.05, 0) is 50.2 Å². The Morgan fingerprint density at radius 2 is 2.00 bits per heavy atom. The number of halogens is 1. The third-order valence-electron chi connectivity index (χ3n) is 8.88. The Morgan fingerprint density at radius 3 is 2.60 bits per heavy atom. The summed E-state index contributed by atoms with van der Waals surface area (Å²) in [5.41, 5.74) is -1.77. The van der Waals surface area contributed by atoms with Gasteiger partial charge in [-0.1, -0.05) is 56.7 Å². The minimum Gasteiger partial charge on any atom is -0.465 e. The van der Waals surface area contributed by atoms with E-state index in [2.05, 4.69) is 13.2 Å². The van der Waals surface area contributed by atoms with Gasteiger partial charge >= 0.3 is 5.97 Å². The zero-order chi connectivity index (χ0) is 29.4. The fraction of sp³-hybridized carbons (Fsp3) is 0.581. The van der Waals surface area contributed by atoms with Crippen LogP contribution >= 0.6 is 11.6 Å². The van der Waals surface area contributed by atoms with Crippen LogP contribution in [-0.4, -0.2) is 70.8 Å². The summed E-state index contributed by atoms with van der Waals surface area (Å²) in [5.74, 6) is -3.06. The SMILES string of the molecule is C=CCCOC(=O)[C@@H]1[C@H]2C(=O)N([C@@H](CO)CC(C)C)C(C(=O)N(CC=C)c3ccccc3Cl)C23CC(C)[C@@]1(C)O3. The third-order valence-corrected chi connectivity index (χ3v) is 9.19. The second-order valence-corrected chi connectivity index (χ2v) is 12.3. The highest BCUT2D eigenvalue weighted by Gasteiger charge is 2.80. The Morgan fingerprint density at radius 1 is 1.30 bits per heavy atom. The number of benzene rings is 1. The van der Waals surface area contributed by atoms with E-state index in [4.69, 9.17) is 21.1 Å². The van der Waals surface area contributed by atoms with Crippen LogP contribution < -0.4 is 4.90 Å². The molecule has 1 spiro atoms. The first kappa shape index (κ1) is 30.3. The number of esters is 1. The molecule has 0 radical (unpaired) electrons. The average Bonchev–Trinajstić information content (AvgIpc) is 3.42. The number of nitrogens with zero attached hydrogens (tertiary/aromatic N) is 2. The minimum atomic E-state index is -1.27. The molecule has 218 valence electrons. The Balaban J connectivity index is 1.87. The number of aliphatic hydroxyl groups is 1. The van der Waals surface area contributed by atoms with Gasteiger partial charge in [0.1, 0.15) is 17.6 Å². The van der Waals surface area contributed by atoms with Crippen molar-refractivity contribution in [2.24, 2.45) is 23.7 Å². The summed E-state index contributed by atoms with van der Waals surface area (Å²) in [7, 11) is 0. The van der Waals surface area contributed by atoms with E-state index in [9.17, 15) is 19.5 Å². The van der Waals surface area contributed by atoms with Crippen molar-refractivity contribution in [3.63, 3.8) is 0 Å². The van der Waals surface area contributed by atoms with Crippen LogP contribution in [0.5, 0.6) is 0 Å². The van der Waals surface area contributed by atoms with E-state index in [0.29, 0.717) is 30.0 Å². The van der Waals surface area contributed by atoms with E-state index >= 15 is 0 Å². The zero-order valence-electron chi connectivity index (χ0n) is 23.8. The number of fused-ring (bicyclic) bond motifs is 1. The number of amides is 2. The molecule has 0 aromatic heterocycles. The maximum atomic E-state index is 14.7. The number of rotatable bonds is 12. The molecule has 1 aromatic carbocycles. The number of carbonyl (C=O) groups excluding carboxylic acids is 3. The fourth-order valence-electron chi connectivity index (χ4n) is 7.11. The molecule has 1 N–H and O–H groups in total. The molecule has 3 fully saturated rings. The number of para-hydroxylation sites is 1. The number of likely N-dealkylation sites (tertiary alicyclic amines) is 1. The third kappa shape index (κ3) is 4.78. The quantitative estimate of drug-likeness (QED) is 0.227. The maximum absolute atomic E-state index is 14.7. The summed E-state index contributed by atoms with van der Waals surface area (Å²) in [6.45, 7) is 15.3. The molecule has 3 saturated heterocycles. The molecule has 2 bridgehead atoms. The summed E-state index contributed by atoms with van der Waals surface area (Å²) in [4.78, 5) is 45.7. The lowest BCUT2D eigenvalue weighted by molar-refractivity contribution is -0.162. The lowest BCUT2D eigenvalue weighted by Crippen LogP contribution is -2.59. The van der Waals surface area contributed by atoms with Gasteiger partial charge < -0.3 is 24.4 Å². The number of hydrogen-bond donors (Lipinski definition) is 1. The minimum absolute atomic E-state index is 0.130. The summed E-state index contributed by atoms with van der Waals surface area (Å²) < 4.78 is 12.4. The second kappa shape index (κ2) is 11.7. The molecular weight excluding hydrogens is 532 g/mol. The monoisotopic (exact) mass is 572 g/mol. The van der Waals surface area contributed by atoms with Gasteiger partial charge in [0.15, 0.2) is 0 Å². The first-order valence-electron chi connectivity index (χ1n) is 14.1. The van der Waals surface area contributed by atoms with Crippen LogP contribution in [-0.2, 0) is 23.9 Å². The van der Waals surface area contributed by atoms with Crippen molar-refractivity contribution >= 4 is 35.1 Å². The highest BCUT2D eigenvalue weighted by Crippen LogP contribution is 2.66. The predicted octanol–water partition coefficient (Wildman–Crippen LogP) is 4.40. The number of aliphatic hydroxyl groups excluding tert-OH is 1. The Labute approximate surface area is 241 Å². The van der Waals surface area contributed by atoms with Gasteiger partial charge in [0.25, 0.3) is 5.91 Å². The van der Waals surface area contributed by atoms with Crippen molar-refractivity contribution in [2.75, 3.05) is 24.7 Å². The molecule has 3 aliphatic heterocycles. The van der Waals surface area contributed by atoms with E-state index in [1.165, 1.54) is 9.80 Å². The van der Waals surface area contributed by atoms with Gasteiger partial charge in [0.2, 0.25) is 5.91 Å². The Hall–Kier alpha value is -2.68. The van der Waals surface area contributed by atoms with Gasteiger partial charge in [0.05, 0.1) is 41.5 Å². The van der Waals surface area contributed by atoms with E-state index in [1.807, 2.05) is 27.7 Å². The van der Waals surface area contributed by atoms with Crippen molar-refractivity contribution in [2.45, 2.75) is 70.2 Å². The van der Waals surface area contributed by atoms with Crippen LogP contribution in [0.2, 0.25) is 5.02 Å². The molecule has 3 aliphatic rings. The summed E-state index contributed by atoms with van der Waals surface area (Å²) in [6, 6.07) is 5.29. The molecule has 8 nitrogen and oxygen atoms in total. The molecule has 9 heteroatoms. The molecule has 3 unspecified atom stereocenters. The van der Waals surface area contributed by atoms with E-state index in [-0.39, 0.29) is 43.4 Å². The molecule has 1 aromatic rings. The fourth-order valence-corrected chi connectivity index (χ4v) is 7.35. The second-order valence-electron chi connectivity index (χ2n) is 11.8. The van der Waals surface area contributed by atoms with Gasteiger partial charge in [0, 0.05) is 6.54 Å². The van der Waals surface area contributed by atoms with Gasteiger partial charge in [-0.2, -0.15) is 0 Å². The van der Waals surface area contributed by atoms with E-state index < -0.39 is 41.1 Å². The highest BCUT2D eigenvalue weighted by atomic mass is 35.5. The zero-order valence-corrected chi connectivity index (χ0v) is 24.6. The topological polar surface area (TPSA) is 96.4 Å². The molecule has 7 atom stereocenters. The smallest absolute Gasteiger partial charge is 0.312 e. The first-order chi connectivity index (χ1) is 19.0. The van der Waals surface area contributed by atoms with Crippen molar-refractivity contribution < 1.29 is 29.0 Å². The van der Waals surface area contributed by atoms with Crippen LogP contribution in [0.4, 0.5) is 5.69 Å². The number of carbonyl (C=O) groups is 3. The van der Waals surface area contributed by atoms with Crippen LogP contribution in [0.25, 0.3) is 0 Å². The molecule has 2 amide bonds. The Bertz CT molecular complexity index is 1170. The summed E-state index contributed by atoms with van der Waals surface area (Å²) >= 11 is 6.54. The number of hydrogen-bond acceptors (Lipinski definition) is 6. The van der Waals surface area contributed by atoms with Crippen LogP contribution in [0, 0.1) is 23.7 Å². The molecule has 4 rings (SSSR count). The first-order valence-corrected chi connectivity index (χ1v) is 14.4. The normalized spacial score (nSPS) is 31.3. The predicted molar refractivity (Wildman–Crippen MR) is 154 cm³/mol. The molecular formula is C31H41ClN2O6. The number of anilines is 1. The van der Waals surface area contributed by atoms with Crippen LogP contribution in [0.1, 0.15) is 47.0 Å². The van der Waals surface area contributed by atoms with Crippen LogP contribution in [0.15, 0.2) is 49.6 Å². The molecule has 3 heterocycles. The number of ether oxygens (including phenoxy) is 2. The van der Waals surface area contributed by atoms with Crippen LogP contribution in [0.3, 0.4) is 0 Å².